The Morgan fingerprint density at radius 1 is 0.969 bits per heavy atom. The molecule has 1 aliphatic carbocycles. The highest BCUT2D eigenvalue weighted by Gasteiger charge is 2.34. The smallest absolute Gasteiger partial charge is 0.274 e. The largest absolute Gasteiger partial charge is 0.350 e. The first-order chi connectivity index (χ1) is 15.7. The predicted molar refractivity (Wildman–Crippen MR) is 127 cm³/mol. The Balaban J connectivity index is 1.37. The van der Waals surface area contributed by atoms with Gasteiger partial charge in [-0.2, -0.15) is 0 Å². The van der Waals surface area contributed by atoms with E-state index in [4.69, 9.17) is 4.98 Å². The Bertz CT molecular complexity index is 1090. The summed E-state index contributed by atoms with van der Waals surface area (Å²) < 4.78 is 0. The third-order valence-electron chi connectivity index (χ3n) is 6.23. The van der Waals surface area contributed by atoms with Crippen LogP contribution in [0.1, 0.15) is 63.9 Å². The van der Waals surface area contributed by atoms with E-state index in [1.54, 1.807) is 23.5 Å². The first-order valence-electron chi connectivity index (χ1n) is 11.4. The van der Waals surface area contributed by atoms with Crippen molar-refractivity contribution in [1.29, 1.82) is 0 Å². The molecule has 1 saturated heterocycles. The second kappa shape index (κ2) is 9.25. The number of aromatic nitrogens is 1. The summed E-state index contributed by atoms with van der Waals surface area (Å²) in [5.41, 5.74) is 2.26. The molecule has 1 atom stereocenters. The molecule has 3 aromatic rings. The topological polar surface area (TPSA) is 62.3 Å². The minimum absolute atomic E-state index is 0.00865. The zero-order valence-corrected chi connectivity index (χ0v) is 18.8. The van der Waals surface area contributed by atoms with Crippen molar-refractivity contribution in [3.63, 3.8) is 0 Å². The molecule has 6 heteroatoms. The van der Waals surface area contributed by atoms with Crippen LogP contribution in [0, 0.1) is 0 Å². The zero-order chi connectivity index (χ0) is 21.9. The number of hydrogen-bond acceptors (Lipinski definition) is 4. The minimum Gasteiger partial charge on any atom is -0.350 e. The van der Waals surface area contributed by atoms with E-state index >= 15 is 0 Å². The molecule has 32 heavy (non-hydrogen) atoms. The molecule has 1 N–H and O–H groups in total. The van der Waals surface area contributed by atoms with Gasteiger partial charge in [0.1, 0.15) is 5.69 Å². The zero-order valence-electron chi connectivity index (χ0n) is 18.0. The average molecular weight is 446 g/mol. The number of thiazole rings is 1. The van der Waals surface area contributed by atoms with E-state index in [9.17, 15) is 9.59 Å². The lowest BCUT2D eigenvalue weighted by atomic mass is 10.0. The molecule has 5 nitrogen and oxygen atoms in total. The van der Waals surface area contributed by atoms with Crippen molar-refractivity contribution in [2.24, 2.45) is 0 Å². The Kier molecular flexibility index (Phi) is 6.04. The maximum absolute atomic E-state index is 13.7. The third-order valence-corrected chi connectivity index (χ3v) is 7.50. The molecule has 164 valence electrons. The lowest BCUT2D eigenvalue weighted by molar-refractivity contribution is 0.0598. The van der Waals surface area contributed by atoms with Gasteiger partial charge in [0.15, 0.2) is 0 Å². The molecule has 2 fully saturated rings. The van der Waals surface area contributed by atoms with Crippen LogP contribution in [0.5, 0.6) is 0 Å². The SMILES string of the molecule is O=C(NC[C@@H]1CCCCN1C(=O)c1nc(C2CC2)sc1-c1ccccc1)c1ccccc1. The van der Waals surface area contributed by atoms with Gasteiger partial charge in [-0.15, -0.1) is 11.3 Å². The van der Waals surface area contributed by atoms with Gasteiger partial charge in [-0.3, -0.25) is 9.59 Å². The van der Waals surface area contributed by atoms with E-state index in [1.165, 1.54) is 0 Å². The van der Waals surface area contributed by atoms with Crippen molar-refractivity contribution in [3.8, 4) is 10.4 Å². The Labute approximate surface area is 192 Å². The first kappa shape index (κ1) is 20.9. The highest BCUT2D eigenvalue weighted by Crippen LogP contribution is 2.45. The highest BCUT2D eigenvalue weighted by atomic mass is 32.1. The van der Waals surface area contributed by atoms with E-state index < -0.39 is 0 Å². The van der Waals surface area contributed by atoms with E-state index in [1.807, 2.05) is 41.3 Å². The third kappa shape index (κ3) is 4.46. The summed E-state index contributed by atoms with van der Waals surface area (Å²) in [4.78, 5) is 34.0. The van der Waals surface area contributed by atoms with Crippen LogP contribution in [-0.2, 0) is 0 Å². The second-order valence-corrected chi connectivity index (χ2v) is 9.62. The van der Waals surface area contributed by atoms with Crippen molar-refractivity contribution in [2.75, 3.05) is 13.1 Å². The Morgan fingerprint density at radius 3 is 2.41 bits per heavy atom. The van der Waals surface area contributed by atoms with Gasteiger partial charge in [-0.05, 0) is 49.8 Å². The summed E-state index contributed by atoms with van der Waals surface area (Å²) in [7, 11) is 0. The van der Waals surface area contributed by atoms with Crippen LogP contribution in [0.4, 0.5) is 0 Å². The predicted octanol–water partition coefficient (Wildman–Crippen LogP) is 5.11. The standard InChI is InChI=1S/C26H27N3O2S/c30-24(19-11-5-2-6-12-19)27-17-21-13-7-8-16-29(21)26(31)22-23(18-9-3-1-4-10-18)32-25(28-22)20-14-15-20/h1-6,9-12,20-21H,7-8,13-17H2,(H,27,30)/t21-/m0/s1. The van der Waals surface area contributed by atoms with E-state index in [0.717, 1.165) is 47.6 Å². The Morgan fingerprint density at radius 2 is 1.69 bits per heavy atom. The van der Waals surface area contributed by atoms with Crippen LogP contribution in [0.15, 0.2) is 60.7 Å². The van der Waals surface area contributed by atoms with Gasteiger partial charge in [0, 0.05) is 30.6 Å². The molecule has 1 saturated carbocycles. The maximum Gasteiger partial charge on any atom is 0.274 e. The summed E-state index contributed by atoms with van der Waals surface area (Å²) in [6, 6.07) is 19.3. The minimum atomic E-state index is -0.0989. The second-order valence-electron chi connectivity index (χ2n) is 8.59. The molecule has 0 bridgehead atoms. The van der Waals surface area contributed by atoms with Crippen molar-refractivity contribution in [3.05, 3.63) is 76.9 Å². The summed E-state index contributed by atoms with van der Waals surface area (Å²) in [6.07, 6.45) is 5.25. The average Bonchev–Trinajstić information content (AvgIpc) is 3.61. The van der Waals surface area contributed by atoms with E-state index in [2.05, 4.69) is 17.4 Å². The molecule has 1 aromatic heterocycles. The van der Waals surface area contributed by atoms with Gasteiger partial charge in [0.25, 0.3) is 11.8 Å². The lowest BCUT2D eigenvalue weighted by Gasteiger charge is -2.35. The summed E-state index contributed by atoms with van der Waals surface area (Å²) in [5.74, 6) is 0.398. The van der Waals surface area contributed by atoms with Crippen molar-refractivity contribution in [2.45, 2.75) is 44.1 Å². The highest BCUT2D eigenvalue weighted by molar-refractivity contribution is 7.15. The lowest BCUT2D eigenvalue weighted by Crippen LogP contribution is -2.49. The molecule has 1 aliphatic heterocycles. The summed E-state index contributed by atoms with van der Waals surface area (Å²) >= 11 is 1.66. The number of rotatable bonds is 6. The van der Waals surface area contributed by atoms with Crippen LogP contribution in [0.3, 0.4) is 0 Å². The summed E-state index contributed by atoms with van der Waals surface area (Å²) in [5, 5.41) is 4.12. The van der Waals surface area contributed by atoms with Crippen LogP contribution < -0.4 is 5.32 Å². The van der Waals surface area contributed by atoms with Gasteiger partial charge < -0.3 is 10.2 Å². The molecule has 2 heterocycles. The fraction of sp³-hybridized carbons (Fsp3) is 0.346. The number of carbonyl (C=O) groups is 2. The number of hydrogen-bond donors (Lipinski definition) is 1. The Hall–Kier alpha value is -2.99. The molecule has 2 aliphatic rings. The van der Waals surface area contributed by atoms with Gasteiger partial charge >= 0.3 is 0 Å². The number of nitrogens with one attached hydrogen (secondary N) is 1. The van der Waals surface area contributed by atoms with Gasteiger partial charge in [-0.1, -0.05) is 48.5 Å². The maximum atomic E-state index is 13.7. The molecule has 0 unspecified atom stereocenters. The number of piperidine rings is 1. The normalized spacial score (nSPS) is 18.4. The number of carbonyl (C=O) groups excluding carboxylic acids is 2. The number of likely N-dealkylation sites (tertiary alicyclic amines) is 1. The molecule has 0 radical (unpaired) electrons. The number of nitrogens with zero attached hydrogens (tertiary/aromatic N) is 2. The van der Waals surface area contributed by atoms with Crippen LogP contribution >= 0.6 is 11.3 Å². The molecular formula is C26H27N3O2S. The van der Waals surface area contributed by atoms with Crippen LogP contribution in [-0.4, -0.2) is 40.8 Å². The molecule has 5 rings (SSSR count). The van der Waals surface area contributed by atoms with E-state index in [-0.39, 0.29) is 17.9 Å². The van der Waals surface area contributed by atoms with Crippen LogP contribution in [0.25, 0.3) is 10.4 Å². The van der Waals surface area contributed by atoms with Gasteiger partial charge in [0.05, 0.1) is 9.88 Å². The molecule has 0 spiro atoms. The van der Waals surface area contributed by atoms with Gasteiger partial charge in [-0.25, -0.2) is 4.98 Å². The fourth-order valence-corrected chi connectivity index (χ4v) is 5.52. The van der Waals surface area contributed by atoms with Crippen molar-refractivity contribution < 1.29 is 9.59 Å². The molecule has 2 amide bonds. The van der Waals surface area contributed by atoms with E-state index in [0.29, 0.717) is 30.3 Å². The van der Waals surface area contributed by atoms with Gasteiger partial charge in [0.2, 0.25) is 0 Å². The fourth-order valence-electron chi connectivity index (χ4n) is 4.29. The number of benzene rings is 2. The monoisotopic (exact) mass is 445 g/mol. The number of amides is 2. The molecule has 2 aromatic carbocycles. The first-order valence-corrected chi connectivity index (χ1v) is 12.2. The van der Waals surface area contributed by atoms with Crippen LogP contribution in [0.2, 0.25) is 0 Å². The van der Waals surface area contributed by atoms with Crippen molar-refractivity contribution in [1.82, 2.24) is 15.2 Å². The molecular weight excluding hydrogens is 418 g/mol. The van der Waals surface area contributed by atoms with Crippen molar-refractivity contribution >= 4 is 23.2 Å². The quantitative estimate of drug-likeness (QED) is 0.573. The summed E-state index contributed by atoms with van der Waals surface area (Å²) in [6.45, 7) is 1.16.